The molecule has 2 N–H and O–H groups in total. The fourth-order valence-corrected chi connectivity index (χ4v) is 4.42. The first-order valence-corrected chi connectivity index (χ1v) is 10.7. The monoisotopic (exact) mass is 402 g/mol. The maximum atomic E-state index is 12.8. The minimum Gasteiger partial charge on any atom is -0.352 e. The molecule has 2 fully saturated rings. The first-order chi connectivity index (χ1) is 13.6. The van der Waals surface area contributed by atoms with Crippen molar-refractivity contribution in [3.8, 4) is 0 Å². The van der Waals surface area contributed by atoms with Crippen molar-refractivity contribution < 1.29 is 14.4 Å². The van der Waals surface area contributed by atoms with Gasteiger partial charge in [0, 0.05) is 25.3 Å². The lowest BCUT2D eigenvalue weighted by Crippen LogP contribution is -2.43. The maximum Gasteiger partial charge on any atom is 0.310 e. The first kappa shape index (κ1) is 20.4. The zero-order valence-corrected chi connectivity index (χ0v) is 16.8. The molecule has 0 aromatic heterocycles. The number of amidine groups is 1. The molecule has 150 valence electrons. The van der Waals surface area contributed by atoms with Crippen molar-refractivity contribution in [3.05, 3.63) is 35.9 Å². The number of amides is 2. The number of nitrogens with one attached hydrogen (secondary N) is 2. The molecule has 0 radical (unpaired) electrons. The largest absolute Gasteiger partial charge is 0.352 e. The second-order valence-electron chi connectivity index (χ2n) is 7.16. The Morgan fingerprint density at radius 1 is 1.14 bits per heavy atom. The molecular formula is C20H26N4O3S. The molecule has 0 spiro atoms. The van der Waals surface area contributed by atoms with E-state index in [1.807, 2.05) is 18.0 Å². The van der Waals surface area contributed by atoms with E-state index < -0.39 is 17.7 Å². The highest BCUT2D eigenvalue weighted by Crippen LogP contribution is 2.25. The molecule has 1 saturated heterocycles. The number of ketones is 1. The predicted octanol–water partition coefficient (Wildman–Crippen LogP) is 2.06. The summed E-state index contributed by atoms with van der Waals surface area (Å²) in [6, 6.07) is 7.86. The van der Waals surface area contributed by atoms with Crippen molar-refractivity contribution in [1.82, 2.24) is 15.6 Å². The highest BCUT2D eigenvalue weighted by Gasteiger charge is 2.31. The Kier molecular flexibility index (Phi) is 7.08. The number of rotatable bonds is 6. The van der Waals surface area contributed by atoms with Gasteiger partial charge in [-0.3, -0.25) is 14.4 Å². The van der Waals surface area contributed by atoms with E-state index in [0.29, 0.717) is 10.7 Å². The standard InChI is InChI=1S/C20H26N4O3S/c1-24-12-13-28-20(24)23-22-19(27)17(25)16(14-8-4-2-5-9-14)21-18(26)15-10-6-3-7-11-15/h2,4-5,8-9,15-16H,3,6-7,10-13H2,1H3,(H,21,26)(H,22,27)/b23-20-. The number of hydrogen-bond donors (Lipinski definition) is 2. The van der Waals surface area contributed by atoms with Gasteiger partial charge in [-0.25, -0.2) is 5.43 Å². The summed E-state index contributed by atoms with van der Waals surface area (Å²) in [5.41, 5.74) is 2.93. The van der Waals surface area contributed by atoms with Crippen molar-refractivity contribution in [2.45, 2.75) is 38.1 Å². The average Bonchev–Trinajstić information content (AvgIpc) is 3.15. The molecule has 7 nitrogen and oxygen atoms in total. The summed E-state index contributed by atoms with van der Waals surface area (Å²) < 4.78 is 0. The highest BCUT2D eigenvalue weighted by molar-refractivity contribution is 8.14. The summed E-state index contributed by atoms with van der Waals surface area (Å²) in [5.74, 6) is -0.910. The molecule has 1 aromatic rings. The van der Waals surface area contributed by atoms with E-state index in [1.165, 1.54) is 11.8 Å². The zero-order chi connectivity index (χ0) is 19.9. The SMILES string of the molecule is CN1CCS/C1=N\NC(=O)C(=O)C(NC(=O)C1CCCCC1)c1ccccc1. The number of hydrogen-bond acceptors (Lipinski definition) is 5. The summed E-state index contributed by atoms with van der Waals surface area (Å²) in [6.07, 6.45) is 4.83. The Bertz CT molecular complexity index is 747. The molecule has 28 heavy (non-hydrogen) atoms. The van der Waals surface area contributed by atoms with Gasteiger partial charge in [0.2, 0.25) is 11.7 Å². The molecule has 1 aliphatic heterocycles. The minimum atomic E-state index is -1.01. The topological polar surface area (TPSA) is 90.9 Å². The van der Waals surface area contributed by atoms with Crippen LogP contribution in [0.5, 0.6) is 0 Å². The summed E-state index contributed by atoms with van der Waals surface area (Å²) in [4.78, 5) is 39.9. The van der Waals surface area contributed by atoms with E-state index in [0.717, 1.165) is 44.4 Å². The highest BCUT2D eigenvalue weighted by atomic mass is 32.2. The lowest BCUT2D eigenvalue weighted by molar-refractivity contribution is -0.140. The molecule has 1 aliphatic carbocycles. The number of carbonyl (C=O) groups is 3. The van der Waals surface area contributed by atoms with Crippen LogP contribution in [0.25, 0.3) is 0 Å². The van der Waals surface area contributed by atoms with Crippen molar-refractivity contribution in [3.63, 3.8) is 0 Å². The Balaban J connectivity index is 1.71. The van der Waals surface area contributed by atoms with Gasteiger partial charge in [-0.2, -0.15) is 0 Å². The van der Waals surface area contributed by atoms with E-state index in [1.54, 1.807) is 24.3 Å². The van der Waals surface area contributed by atoms with Crippen LogP contribution in [0.2, 0.25) is 0 Å². The fraction of sp³-hybridized carbons (Fsp3) is 0.500. The molecule has 1 unspecified atom stereocenters. The lowest BCUT2D eigenvalue weighted by Gasteiger charge is -2.24. The van der Waals surface area contributed by atoms with Crippen molar-refractivity contribution in [2.24, 2.45) is 11.0 Å². The summed E-state index contributed by atoms with van der Waals surface area (Å²) in [5, 5.41) is 7.52. The van der Waals surface area contributed by atoms with E-state index in [4.69, 9.17) is 0 Å². The van der Waals surface area contributed by atoms with Gasteiger partial charge in [-0.15, -0.1) is 5.10 Å². The summed E-state index contributed by atoms with van der Waals surface area (Å²) >= 11 is 1.52. The van der Waals surface area contributed by atoms with E-state index in [-0.39, 0.29) is 11.8 Å². The van der Waals surface area contributed by atoms with Gasteiger partial charge in [0.1, 0.15) is 6.04 Å². The number of nitrogens with zero attached hydrogens (tertiary/aromatic N) is 2. The molecule has 0 bridgehead atoms. The summed E-state index contributed by atoms with van der Waals surface area (Å²) in [7, 11) is 1.88. The van der Waals surface area contributed by atoms with Crippen LogP contribution in [0, 0.1) is 5.92 Å². The Hall–Kier alpha value is -2.35. The lowest BCUT2D eigenvalue weighted by atomic mass is 9.88. The van der Waals surface area contributed by atoms with Crippen molar-refractivity contribution >= 4 is 34.5 Å². The van der Waals surface area contributed by atoms with Crippen LogP contribution < -0.4 is 10.7 Å². The van der Waals surface area contributed by atoms with Crippen molar-refractivity contribution in [2.75, 3.05) is 19.3 Å². The van der Waals surface area contributed by atoms with Gasteiger partial charge in [0.05, 0.1) is 0 Å². The Morgan fingerprint density at radius 3 is 2.50 bits per heavy atom. The Labute approximate surface area is 169 Å². The zero-order valence-electron chi connectivity index (χ0n) is 16.0. The maximum absolute atomic E-state index is 12.8. The van der Waals surface area contributed by atoms with Gasteiger partial charge in [-0.1, -0.05) is 61.4 Å². The molecule has 3 rings (SSSR count). The Morgan fingerprint density at radius 2 is 1.86 bits per heavy atom. The number of hydrazone groups is 1. The fourth-order valence-electron chi connectivity index (χ4n) is 3.45. The number of carbonyl (C=O) groups excluding carboxylic acids is 3. The second kappa shape index (κ2) is 9.73. The third-order valence-electron chi connectivity index (χ3n) is 5.12. The van der Waals surface area contributed by atoms with E-state index >= 15 is 0 Å². The van der Waals surface area contributed by atoms with E-state index in [2.05, 4.69) is 15.8 Å². The number of benzene rings is 1. The van der Waals surface area contributed by atoms with Crippen LogP contribution in [-0.2, 0) is 14.4 Å². The number of Topliss-reactive ketones (excluding diaryl/α,β-unsaturated/α-hetero) is 1. The molecule has 1 saturated carbocycles. The van der Waals surface area contributed by atoms with Gasteiger partial charge in [0.15, 0.2) is 5.17 Å². The van der Waals surface area contributed by atoms with Gasteiger partial charge in [-0.05, 0) is 18.4 Å². The first-order valence-electron chi connectivity index (χ1n) is 9.67. The third kappa shape index (κ3) is 5.13. The van der Waals surface area contributed by atoms with E-state index in [9.17, 15) is 14.4 Å². The van der Waals surface area contributed by atoms with Crippen LogP contribution in [-0.4, -0.2) is 47.0 Å². The molecular weight excluding hydrogens is 376 g/mol. The van der Waals surface area contributed by atoms with Crippen LogP contribution in [0.15, 0.2) is 35.4 Å². The van der Waals surface area contributed by atoms with Crippen LogP contribution >= 0.6 is 11.8 Å². The predicted molar refractivity (Wildman–Crippen MR) is 110 cm³/mol. The molecule has 1 aromatic carbocycles. The summed E-state index contributed by atoms with van der Waals surface area (Å²) in [6.45, 7) is 0.845. The van der Waals surface area contributed by atoms with Crippen LogP contribution in [0.1, 0.15) is 43.7 Å². The number of thioether (sulfide) groups is 1. The second-order valence-corrected chi connectivity index (χ2v) is 8.22. The normalized spacial score (nSPS) is 20.0. The third-order valence-corrected chi connectivity index (χ3v) is 6.17. The minimum absolute atomic E-state index is 0.0976. The molecule has 1 heterocycles. The average molecular weight is 403 g/mol. The van der Waals surface area contributed by atoms with Gasteiger partial charge < -0.3 is 10.2 Å². The van der Waals surface area contributed by atoms with Crippen molar-refractivity contribution in [1.29, 1.82) is 0 Å². The van der Waals surface area contributed by atoms with Crippen LogP contribution in [0.4, 0.5) is 0 Å². The molecule has 1 atom stereocenters. The van der Waals surface area contributed by atoms with Gasteiger partial charge >= 0.3 is 5.91 Å². The van der Waals surface area contributed by atoms with Gasteiger partial charge in [0.25, 0.3) is 0 Å². The quantitative estimate of drug-likeness (QED) is 0.561. The van der Waals surface area contributed by atoms with Crippen LogP contribution in [0.3, 0.4) is 0 Å². The molecule has 8 heteroatoms. The smallest absolute Gasteiger partial charge is 0.310 e. The molecule has 2 aliphatic rings. The molecule has 2 amide bonds.